The SMILES string of the molecule is O=C(CCCNC(=O)c1cc(I)cc(I)c1I)OC(CS(=O)(=O)O)C(F)(F)F. The third kappa shape index (κ3) is 9.24. The lowest BCUT2D eigenvalue weighted by Gasteiger charge is -2.19. The minimum absolute atomic E-state index is 0.00104. The van der Waals surface area contributed by atoms with E-state index in [4.69, 9.17) is 4.55 Å². The maximum Gasteiger partial charge on any atom is 0.426 e. The van der Waals surface area contributed by atoms with Crippen LogP contribution >= 0.6 is 67.8 Å². The minimum Gasteiger partial charge on any atom is -0.451 e. The van der Waals surface area contributed by atoms with Crippen molar-refractivity contribution in [1.29, 1.82) is 0 Å². The summed E-state index contributed by atoms with van der Waals surface area (Å²) >= 11 is 6.16. The molecule has 2 N–H and O–H groups in total. The van der Waals surface area contributed by atoms with Crippen molar-refractivity contribution in [3.63, 3.8) is 0 Å². The molecule has 1 aromatic carbocycles. The highest BCUT2D eigenvalue weighted by atomic mass is 127. The number of carbonyl (C=O) groups excluding carboxylic acids is 2. The van der Waals surface area contributed by atoms with Gasteiger partial charge in [0.1, 0.15) is 5.75 Å². The standard InChI is InChI=1S/C14H13F3I3NO6S/c15-14(16,17)10(6-28(24,25)26)27-11(22)2-1-3-21-13(23)8-4-7(18)5-9(19)12(8)20/h4-5,10H,1-3,6H2,(H,21,23)(H,24,25,26). The zero-order valence-electron chi connectivity index (χ0n) is 13.7. The van der Waals surface area contributed by atoms with E-state index >= 15 is 0 Å². The Bertz CT molecular complexity index is 847. The Morgan fingerprint density at radius 2 is 1.82 bits per heavy atom. The fourth-order valence-electron chi connectivity index (χ4n) is 1.86. The topological polar surface area (TPSA) is 110 Å². The van der Waals surface area contributed by atoms with Crippen molar-refractivity contribution >= 4 is 89.8 Å². The number of hydrogen-bond acceptors (Lipinski definition) is 5. The van der Waals surface area contributed by atoms with Gasteiger partial charge in [-0.05, 0) is 86.3 Å². The van der Waals surface area contributed by atoms with Crippen LogP contribution < -0.4 is 5.32 Å². The lowest BCUT2D eigenvalue weighted by Crippen LogP contribution is -2.39. The molecule has 1 atom stereocenters. The largest absolute Gasteiger partial charge is 0.451 e. The average Bonchev–Trinajstić information content (AvgIpc) is 2.52. The summed E-state index contributed by atoms with van der Waals surface area (Å²) in [5.74, 6) is -3.46. The number of carbonyl (C=O) groups is 2. The summed E-state index contributed by atoms with van der Waals surface area (Å²) in [5, 5.41) is 2.56. The molecule has 0 aliphatic carbocycles. The van der Waals surface area contributed by atoms with Crippen molar-refractivity contribution in [3.8, 4) is 0 Å². The first-order chi connectivity index (χ1) is 12.7. The van der Waals surface area contributed by atoms with Crippen LogP contribution in [0.1, 0.15) is 23.2 Å². The van der Waals surface area contributed by atoms with Crippen LogP contribution in [-0.2, 0) is 19.6 Å². The van der Waals surface area contributed by atoms with Gasteiger partial charge in [0.15, 0.2) is 0 Å². The number of esters is 1. The molecular formula is C14H13F3I3NO6S. The van der Waals surface area contributed by atoms with Crippen LogP contribution in [-0.4, -0.2) is 49.4 Å². The number of nitrogens with one attached hydrogen (secondary N) is 1. The average molecular weight is 761 g/mol. The third-order valence-electron chi connectivity index (χ3n) is 3.08. The first-order valence-electron chi connectivity index (χ1n) is 7.35. The van der Waals surface area contributed by atoms with E-state index < -0.39 is 46.4 Å². The van der Waals surface area contributed by atoms with Gasteiger partial charge in [-0.1, -0.05) is 0 Å². The second-order valence-electron chi connectivity index (χ2n) is 5.38. The number of amides is 1. The van der Waals surface area contributed by atoms with Gasteiger partial charge in [-0.25, -0.2) is 0 Å². The van der Waals surface area contributed by atoms with Crippen LogP contribution in [0.25, 0.3) is 0 Å². The molecular weight excluding hydrogens is 748 g/mol. The van der Waals surface area contributed by atoms with Crippen LogP contribution in [0.5, 0.6) is 0 Å². The lowest BCUT2D eigenvalue weighted by molar-refractivity contribution is -0.215. The highest BCUT2D eigenvalue weighted by Gasteiger charge is 2.45. The van der Waals surface area contributed by atoms with Gasteiger partial charge in [0.2, 0.25) is 6.10 Å². The van der Waals surface area contributed by atoms with Crippen molar-refractivity contribution < 1.29 is 40.5 Å². The van der Waals surface area contributed by atoms with Crippen molar-refractivity contribution in [2.24, 2.45) is 0 Å². The van der Waals surface area contributed by atoms with Gasteiger partial charge in [-0.15, -0.1) is 0 Å². The van der Waals surface area contributed by atoms with Gasteiger partial charge < -0.3 is 10.1 Å². The minimum atomic E-state index is -5.14. The molecule has 0 bridgehead atoms. The Morgan fingerprint density at radius 1 is 1.21 bits per heavy atom. The number of hydrogen-bond donors (Lipinski definition) is 2. The monoisotopic (exact) mass is 761 g/mol. The Balaban J connectivity index is 2.55. The summed E-state index contributed by atoms with van der Waals surface area (Å²) < 4.78 is 74.5. The van der Waals surface area contributed by atoms with Gasteiger partial charge >= 0.3 is 12.1 Å². The first kappa shape index (κ1) is 26.1. The van der Waals surface area contributed by atoms with Crippen molar-refractivity contribution in [3.05, 3.63) is 28.4 Å². The molecule has 0 radical (unpaired) electrons. The molecule has 1 rings (SSSR count). The summed E-state index contributed by atoms with van der Waals surface area (Å²) in [6.07, 6.45) is -8.59. The Labute approximate surface area is 199 Å². The van der Waals surface area contributed by atoms with E-state index in [1.165, 1.54) is 0 Å². The molecule has 28 heavy (non-hydrogen) atoms. The zero-order chi connectivity index (χ0) is 21.7. The lowest BCUT2D eigenvalue weighted by atomic mass is 10.2. The zero-order valence-corrected chi connectivity index (χ0v) is 21.0. The normalized spacial score (nSPS) is 13.1. The molecule has 14 heteroatoms. The Hall–Kier alpha value is 0.0500. The van der Waals surface area contributed by atoms with Crippen LogP contribution in [0.2, 0.25) is 0 Å². The highest BCUT2D eigenvalue weighted by Crippen LogP contribution is 2.25. The number of halogens is 6. The molecule has 1 aromatic rings. The summed E-state index contributed by atoms with van der Waals surface area (Å²) in [6, 6.07) is 3.57. The molecule has 7 nitrogen and oxygen atoms in total. The van der Waals surface area contributed by atoms with E-state index in [9.17, 15) is 31.2 Å². The van der Waals surface area contributed by atoms with Gasteiger partial charge in [0.25, 0.3) is 16.0 Å². The molecule has 0 aromatic heterocycles. The maximum atomic E-state index is 12.7. The number of ether oxygens (including phenoxy) is 1. The van der Waals surface area contributed by atoms with Gasteiger partial charge in [0.05, 0.1) is 5.56 Å². The summed E-state index contributed by atoms with van der Waals surface area (Å²) in [6.45, 7) is 0.00104. The molecule has 0 heterocycles. The maximum absolute atomic E-state index is 12.7. The van der Waals surface area contributed by atoms with E-state index in [0.717, 1.165) is 10.7 Å². The third-order valence-corrected chi connectivity index (χ3v) is 7.47. The summed E-state index contributed by atoms with van der Waals surface area (Å²) in [4.78, 5) is 23.7. The Kier molecular flexibility index (Phi) is 10.1. The predicted octanol–water partition coefficient (Wildman–Crippen LogP) is 3.37. The quantitative estimate of drug-likeness (QED) is 0.138. The molecule has 0 saturated heterocycles. The van der Waals surface area contributed by atoms with E-state index in [0.29, 0.717) is 5.56 Å². The summed E-state index contributed by atoms with van der Waals surface area (Å²) in [7, 11) is -4.99. The van der Waals surface area contributed by atoms with Crippen LogP contribution in [0.15, 0.2) is 12.1 Å². The number of alkyl halides is 3. The van der Waals surface area contributed by atoms with Crippen molar-refractivity contribution in [2.45, 2.75) is 25.1 Å². The number of benzene rings is 1. The van der Waals surface area contributed by atoms with E-state index in [1.807, 2.05) is 28.7 Å². The van der Waals surface area contributed by atoms with Crippen molar-refractivity contribution in [1.82, 2.24) is 5.32 Å². The van der Waals surface area contributed by atoms with Crippen LogP contribution in [0.3, 0.4) is 0 Å². The van der Waals surface area contributed by atoms with Crippen LogP contribution in [0, 0.1) is 10.7 Å². The van der Waals surface area contributed by atoms with Gasteiger partial charge in [-0.2, -0.15) is 21.6 Å². The second-order valence-corrected chi connectivity index (χ2v) is 10.4. The molecule has 0 saturated carbocycles. The van der Waals surface area contributed by atoms with E-state index in [2.05, 4.69) is 55.2 Å². The molecule has 0 fully saturated rings. The van der Waals surface area contributed by atoms with E-state index in [-0.39, 0.29) is 13.0 Å². The summed E-state index contributed by atoms with van der Waals surface area (Å²) in [5.41, 5.74) is 0.435. The fourth-order valence-corrected chi connectivity index (χ4v) is 4.90. The van der Waals surface area contributed by atoms with Crippen LogP contribution in [0.4, 0.5) is 13.2 Å². The molecule has 0 spiro atoms. The fraction of sp³-hybridized carbons (Fsp3) is 0.429. The molecule has 0 aliphatic rings. The molecule has 1 unspecified atom stereocenters. The van der Waals surface area contributed by atoms with E-state index in [1.54, 1.807) is 6.07 Å². The van der Waals surface area contributed by atoms with Gasteiger partial charge in [0, 0.05) is 23.7 Å². The van der Waals surface area contributed by atoms with Crippen molar-refractivity contribution in [2.75, 3.05) is 12.3 Å². The first-order valence-corrected chi connectivity index (χ1v) is 12.2. The molecule has 158 valence electrons. The highest BCUT2D eigenvalue weighted by molar-refractivity contribution is 14.1. The predicted molar refractivity (Wildman–Crippen MR) is 119 cm³/mol. The van der Waals surface area contributed by atoms with Gasteiger partial charge in [-0.3, -0.25) is 14.1 Å². The smallest absolute Gasteiger partial charge is 0.426 e. The molecule has 0 aliphatic heterocycles. The molecule has 1 amide bonds. The number of rotatable bonds is 8. The second kappa shape index (κ2) is 10.9. The Morgan fingerprint density at radius 3 is 2.36 bits per heavy atom.